The van der Waals surface area contributed by atoms with Gasteiger partial charge >= 0.3 is 17.9 Å². The lowest BCUT2D eigenvalue weighted by molar-refractivity contribution is -0.167. The summed E-state index contributed by atoms with van der Waals surface area (Å²) >= 11 is 0. The fourth-order valence-electron chi connectivity index (χ4n) is 7.03. The van der Waals surface area contributed by atoms with E-state index in [2.05, 4.69) is 20.8 Å². The van der Waals surface area contributed by atoms with Gasteiger partial charge < -0.3 is 14.2 Å². The second-order valence-corrected chi connectivity index (χ2v) is 16.0. The van der Waals surface area contributed by atoms with E-state index in [0.717, 1.165) is 64.2 Å². The van der Waals surface area contributed by atoms with Crippen LogP contribution in [0.1, 0.15) is 265 Å². The van der Waals surface area contributed by atoms with Gasteiger partial charge in [0.1, 0.15) is 13.2 Å². The summed E-state index contributed by atoms with van der Waals surface area (Å²) in [6.45, 7) is 6.58. The second-order valence-electron chi connectivity index (χ2n) is 16.0. The smallest absolute Gasteiger partial charge is 0.306 e. The molecule has 0 fully saturated rings. The summed E-state index contributed by atoms with van der Waals surface area (Å²) in [6, 6.07) is 0. The van der Waals surface area contributed by atoms with Crippen LogP contribution < -0.4 is 0 Å². The third-order valence-electron chi connectivity index (χ3n) is 10.6. The minimum absolute atomic E-state index is 0.0635. The highest BCUT2D eigenvalue weighted by atomic mass is 16.6. The number of unbranched alkanes of at least 4 members (excludes halogenated alkanes) is 32. The first-order valence-corrected chi connectivity index (χ1v) is 23.5. The average molecular weight is 751 g/mol. The molecule has 0 saturated heterocycles. The second kappa shape index (κ2) is 43.1. The Morgan fingerprint density at radius 3 is 0.755 bits per heavy atom. The van der Waals surface area contributed by atoms with Gasteiger partial charge in [-0.3, -0.25) is 14.4 Å². The molecule has 0 radical (unpaired) electrons. The van der Waals surface area contributed by atoms with Gasteiger partial charge in [-0.15, -0.1) is 0 Å². The maximum absolute atomic E-state index is 12.7. The van der Waals surface area contributed by atoms with Crippen LogP contribution >= 0.6 is 0 Å². The van der Waals surface area contributed by atoms with Crippen LogP contribution in [0, 0.1) is 0 Å². The maximum atomic E-state index is 12.7. The van der Waals surface area contributed by atoms with Crippen molar-refractivity contribution in [3.8, 4) is 0 Å². The van der Waals surface area contributed by atoms with E-state index in [1.165, 1.54) is 161 Å². The Morgan fingerprint density at radius 2 is 0.509 bits per heavy atom. The number of hydrogen-bond donors (Lipinski definition) is 0. The largest absolute Gasteiger partial charge is 0.462 e. The fourth-order valence-corrected chi connectivity index (χ4v) is 7.03. The highest BCUT2D eigenvalue weighted by molar-refractivity contribution is 5.71. The molecule has 0 rings (SSSR count). The molecule has 0 bridgehead atoms. The summed E-state index contributed by atoms with van der Waals surface area (Å²) in [7, 11) is 0. The standard InChI is InChI=1S/C47H90O6/c1-4-7-10-13-15-17-19-21-23-24-26-27-29-31-34-37-40-46(49)52-43-44(42-51-45(48)39-36-33-12-9-6-3)53-47(50)41-38-35-32-30-28-25-22-20-18-16-14-11-8-5-2/h44H,4-43H2,1-3H3/t44-/m1/s1. The molecule has 0 unspecified atom stereocenters. The molecule has 6 nitrogen and oxygen atoms in total. The predicted octanol–water partition coefficient (Wildman–Crippen LogP) is 14.9. The molecule has 0 N–H and O–H groups in total. The molecule has 0 aliphatic heterocycles. The zero-order chi connectivity index (χ0) is 38.7. The summed E-state index contributed by atoms with van der Waals surface area (Å²) in [6.07, 6.45) is 44.0. The molecule has 1 atom stereocenters. The Labute approximate surface area is 329 Å². The highest BCUT2D eigenvalue weighted by Crippen LogP contribution is 2.16. The Morgan fingerprint density at radius 1 is 0.302 bits per heavy atom. The SMILES string of the molecule is CCCCCCCCCCCCCCCCCCC(=O)OC[C@@H](COC(=O)CCCCCCC)OC(=O)CCCCCCCCCCCCCCCC. The van der Waals surface area contributed by atoms with Gasteiger partial charge in [-0.2, -0.15) is 0 Å². The van der Waals surface area contributed by atoms with Gasteiger partial charge in [0.15, 0.2) is 6.10 Å². The maximum Gasteiger partial charge on any atom is 0.306 e. The van der Waals surface area contributed by atoms with Crippen LogP contribution in [0.5, 0.6) is 0 Å². The molecule has 53 heavy (non-hydrogen) atoms. The van der Waals surface area contributed by atoms with E-state index in [1.54, 1.807) is 0 Å². The number of ether oxygens (including phenoxy) is 3. The zero-order valence-corrected chi connectivity index (χ0v) is 35.8. The van der Waals surface area contributed by atoms with Gasteiger partial charge in [-0.05, 0) is 19.3 Å². The zero-order valence-electron chi connectivity index (χ0n) is 35.8. The molecule has 0 aromatic heterocycles. The molecule has 0 aromatic carbocycles. The summed E-state index contributed by atoms with van der Waals surface area (Å²) in [5.74, 6) is -0.863. The molecule has 6 heteroatoms. The van der Waals surface area contributed by atoms with Crippen LogP contribution in [0.25, 0.3) is 0 Å². The molecule has 314 valence electrons. The van der Waals surface area contributed by atoms with Crippen molar-refractivity contribution in [2.24, 2.45) is 0 Å². The molecular weight excluding hydrogens is 661 g/mol. The van der Waals surface area contributed by atoms with Crippen LogP contribution in [0.2, 0.25) is 0 Å². The number of carbonyl (C=O) groups excluding carboxylic acids is 3. The molecule has 0 spiro atoms. The van der Waals surface area contributed by atoms with Gasteiger partial charge in [-0.1, -0.05) is 226 Å². The minimum atomic E-state index is -0.757. The normalized spacial score (nSPS) is 11.8. The molecular formula is C47H90O6. The first-order chi connectivity index (χ1) is 26.0. The lowest BCUT2D eigenvalue weighted by Crippen LogP contribution is -2.30. The number of carbonyl (C=O) groups is 3. The monoisotopic (exact) mass is 751 g/mol. The van der Waals surface area contributed by atoms with E-state index >= 15 is 0 Å². The quantitative estimate of drug-likeness (QED) is 0.0351. The van der Waals surface area contributed by atoms with E-state index in [9.17, 15) is 14.4 Å². The Hall–Kier alpha value is -1.59. The highest BCUT2D eigenvalue weighted by Gasteiger charge is 2.19. The molecule has 0 heterocycles. The predicted molar refractivity (Wildman–Crippen MR) is 224 cm³/mol. The van der Waals surface area contributed by atoms with Crippen molar-refractivity contribution in [2.75, 3.05) is 13.2 Å². The topological polar surface area (TPSA) is 78.9 Å². The molecule has 0 aromatic rings. The van der Waals surface area contributed by atoms with Gasteiger partial charge in [0.25, 0.3) is 0 Å². The van der Waals surface area contributed by atoms with Crippen LogP contribution in [0.4, 0.5) is 0 Å². The minimum Gasteiger partial charge on any atom is -0.462 e. The van der Waals surface area contributed by atoms with Crippen molar-refractivity contribution in [3.05, 3.63) is 0 Å². The van der Waals surface area contributed by atoms with Crippen LogP contribution in [0.3, 0.4) is 0 Å². The average Bonchev–Trinajstić information content (AvgIpc) is 3.15. The van der Waals surface area contributed by atoms with Crippen molar-refractivity contribution >= 4 is 17.9 Å². The third-order valence-corrected chi connectivity index (χ3v) is 10.6. The van der Waals surface area contributed by atoms with E-state index in [0.29, 0.717) is 19.3 Å². The first-order valence-electron chi connectivity index (χ1n) is 23.5. The van der Waals surface area contributed by atoms with Gasteiger partial charge in [0, 0.05) is 19.3 Å². The van der Waals surface area contributed by atoms with Gasteiger partial charge in [-0.25, -0.2) is 0 Å². The van der Waals surface area contributed by atoms with E-state index in [-0.39, 0.29) is 31.1 Å². The van der Waals surface area contributed by atoms with Gasteiger partial charge in [0.05, 0.1) is 0 Å². The molecule has 0 aliphatic carbocycles. The summed E-state index contributed by atoms with van der Waals surface area (Å²) < 4.78 is 16.6. The first kappa shape index (κ1) is 51.4. The lowest BCUT2D eigenvalue weighted by atomic mass is 10.0. The summed E-state index contributed by atoms with van der Waals surface area (Å²) in [5, 5.41) is 0. The van der Waals surface area contributed by atoms with E-state index < -0.39 is 6.10 Å². The Balaban J connectivity index is 4.15. The molecule has 0 amide bonds. The summed E-state index contributed by atoms with van der Waals surface area (Å²) in [5.41, 5.74) is 0. The Bertz CT molecular complexity index is 783. The van der Waals surface area contributed by atoms with Gasteiger partial charge in [0.2, 0.25) is 0 Å². The number of hydrogen-bond acceptors (Lipinski definition) is 6. The van der Waals surface area contributed by atoms with E-state index in [4.69, 9.17) is 14.2 Å². The molecule has 0 aliphatic rings. The van der Waals surface area contributed by atoms with Crippen LogP contribution in [-0.4, -0.2) is 37.2 Å². The van der Waals surface area contributed by atoms with Crippen LogP contribution in [0.15, 0.2) is 0 Å². The van der Waals surface area contributed by atoms with Crippen molar-refractivity contribution in [3.63, 3.8) is 0 Å². The van der Waals surface area contributed by atoms with Crippen LogP contribution in [-0.2, 0) is 28.6 Å². The van der Waals surface area contributed by atoms with E-state index in [1.807, 2.05) is 0 Å². The van der Waals surface area contributed by atoms with Crippen molar-refractivity contribution in [2.45, 2.75) is 271 Å². The number of esters is 3. The number of rotatable bonds is 43. The van der Waals surface area contributed by atoms with Crippen molar-refractivity contribution in [1.29, 1.82) is 0 Å². The molecule has 0 saturated carbocycles. The fraction of sp³-hybridized carbons (Fsp3) is 0.936. The Kier molecular flexibility index (Phi) is 41.8. The van der Waals surface area contributed by atoms with Crippen molar-refractivity contribution in [1.82, 2.24) is 0 Å². The third kappa shape index (κ3) is 41.4. The lowest BCUT2D eigenvalue weighted by Gasteiger charge is -2.18. The summed E-state index contributed by atoms with van der Waals surface area (Å²) in [4.78, 5) is 37.5. The van der Waals surface area contributed by atoms with Crippen molar-refractivity contribution < 1.29 is 28.6 Å².